The van der Waals surface area contributed by atoms with Crippen LogP contribution in [-0.2, 0) is 0 Å². The first-order chi connectivity index (χ1) is 4.88. The van der Waals surface area contributed by atoms with Crippen LogP contribution in [0.4, 0.5) is 0 Å². The highest BCUT2D eigenvalue weighted by Crippen LogP contribution is 2.57. The van der Waals surface area contributed by atoms with Crippen LogP contribution < -0.4 is 0 Å². The van der Waals surface area contributed by atoms with Crippen molar-refractivity contribution in [3.63, 3.8) is 0 Å². The van der Waals surface area contributed by atoms with Crippen LogP contribution in [0.3, 0.4) is 0 Å². The quantitative estimate of drug-likeness (QED) is 0.369. The van der Waals surface area contributed by atoms with E-state index >= 15 is 0 Å². The molecule has 0 aromatic rings. The summed E-state index contributed by atoms with van der Waals surface area (Å²) < 4.78 is 0. The van der Waals surface area contributed by atoms with E-state index in [1.165, 1.54) is 0 Å². The summed E-state index contributed by atoms with van der Waals surface area (Å²) in [5.74, 6) is 3.01. The van der Waals surface area contributed by atoms with Gasteiger partial charge in [-0.1, -0.05) is 24.3 Å². The molecule has 1 heteroatoms. The molecule has 0 N–H and O–H groups in total. The van der Waals surface area contributed by atoms with Gasteiger partial charge in [0.15, 0.2) is 0 Å². The number of rotatable bonds is 0. The van der Waals surface area contributed by atoms with Crippen LogP contribution in [0.25, 0.3) is 0 Å². The third-order valence-electron chi connectivity index (χ3n) is 3.18. The first-order valence-corrected chi connectivity index (χ1v) is 4.32. The van der Waals surface area contributed by atoms with Gasteiger partial charge in [0.25, 0.3) is 0 Å². The maximum atomic E-state index is 6.14. The number of hydrogen-bond donors (Lipinski definition) is 0. The number of hydrogen-bond acceptors (Lipinski definition) is 0. The van der Waals surface area contributed by atoms with Gasteiger partial charge in [0.05, 0.1) is 0 Å². The Bertz CT molecular complexity index is 207. The molecular weight excluding hydrogens is 144 g/mol. The predicted octanol–water partition coefficient (Wildman–Crippen LogP) is 2.21. The molecule has 2 unspecified atom stereocenters. The van der Waals surface area contributed by atoms with Gasteiger partial charge in [0, 0.05) is 5.38 Å². The van der Waals surface area contributed by atoms with Crippen LogP contribution in [-0.4, -0.2) is 5.38 Å². The minimum absolute atomic E-state index is 0.407. The van der Waals surface area contributed by atoms with Gasteiger partial charge in [0.2, 0.25) is 0 Å². The van der Waals surface area contributed by atoms with Crippen LogP contribution in [0, 0.1) is 23.7 Å². The molecule has 0 bridgehead atoms. The molecule has 2 atom stereocenters. The molecular formula is C9H9Cl. The first-order valence-electron chi connectivity index (χ1n) is 3.88. The van der Waals surface area contributed by atoms with Crippen molar-refractivity contribution in [2.45, 2.75) is 5.38 Å². The topological polar surface area (TPSA) is 0 Å². The van der Waals surface area contributed by atoms with E-state index in [1.54, 1.807) is 0 Å². The fourth-order valence-corrected chi connectivity index (χ4v) is 3.11. The van der Waals surface area contributed by atoms with E-state index in [2.05, 4.69) is 24.3 Å². The Hall–Kier alpha value is -0.230. The van der Waals surface area contributed by atoms with Gasteiger partial charge in [-0.2, -0.15) is 0 Å². The van der Waals surface area contributed by atoms with Crippen LogP contribution in [0.5, 0.6) is 0 Å². The fraction of sp³-hybridized carbons (Fsp3) is 0.556. The van der Waals surface area contributed by atoms with Gasteiger partial charge in [-0.15, -0.1) is 11.6 Å². The maximum Gasteiger partial charge on any atom is 0.0467 e. The lowest BCUT2D eigenvalue weighted by Gasteiger charge is -2.42. The van der Waals surface area contributed by atoms with Crippen molar-refractivity contribution in [1.82, 2.24) is 0 Å². The zero-order valence-electron chi connectivity index (χ0n) is 5.57. The second-order valence-electron chi connectivity index (χ2n) is 3.52. The third kappa shape index (κ3) is 0.402. The molecule has 0 aromatic heterocycles. The van der Waals surface area contributed by atoms with Crippen molar-refractivity contribution < 1.29 is 0 Å². The summed E-state index contributed by atoms with van der Waals surface area (Å²) in [6.45, 7) is 0. The zero-order chi connectivity index (χ0) is 6.72. The summed E-state index contributed by atoms with van der Waals surface area (Å²) in [7, 11) is 0. The molecule has 0 aliphatic heterocycles. The molecule has 3 aliphatic rings. The highest BCUT2D eigenvalue weighted by Gasteiger charge is 2.54. The summed E-state index contributed by atoms with van der Waals surface area (Å²) in [5.41, 5.74) is 0. The molecule has 0 heterocycles. The summed E-state index contributed by atoms with van der Waals surface area (Å²) in [5, 5.41) is 0.407. The summed E-state index contributed by atoms with van der Waals surface area (Å²) in [6.07, 6.45) is 9.22. The number of allylic oxidation sites excluding steroid dienone is 4. The molecule has 0 nitrogen and oxygen atoms in total. The molecule has 3 rings (SSSR count). The Balaban J connectivity index is 2.06. The van der Waals surface area contributed by atoms with Gasteiger partial charge in [-0.25, -0.2) is 0 Å². The third-order valence-corrected chi connectivity index (χ3v) is 3.76. The van der Waals surface area contributed by atoms with Crippen LogP contribution in [0.1, 0.15) is 0 Å². The van der Waals surface area contributed by atoms with Crippen LogP contribution in [0.15, 0.2) is 24.3 Å². The van der Waals surface area contributed by atoms with E-state index < -0.39 is 0 Å². The van der Waals surface area contributed by atoms with Gasteiger partial charge in [-0.05, 0) is 23.7 Å². The Kier molecular flexibility index (Phi) is 0.815. The second-order valence-corrected chi connectivity index (χ2v) is 4.03. The van der Waals surface area contributed by atoms with E-state index in [0.717, 1.165) is 11.8 Å². The zero-order valence-corrected chi connectivity index (χ0v) is 6.33. The molecule has 10 heavy (non-hydrogen) atoms. The van der Waals surface area contributed by atoms with Crippen molar-refractivity contribution in [3.8, 4) is 0 Å². The van der Waals surface area contributed by atoms with Gasteiger partial charge >= 0.3 is 0 Å². The molecule has 0 radical (unpaired) electrons. The van der Waals surface area contributed by atoms with Crippen LogP contribution in [0.2, 0.25) is 0 Å². The van der Waals surface area contributed by atoms with Crippen molar-refractivity contribution in [3.05, 3.63) is 24.3 Å². The predicted molar refractivity (Wildman–Crippen MR) is 41.9 cm³/mol. The highest BCUT2D eigenvalue weighted by atomic mass is 35.5. The number of halogens is 1. The molecule has 1 saturated carbocycles. The monoisotopic (exact) mass is 152 g/mol. The Morgan fingerprint density at radius 3 is 2.10 bits per heavy atom. The molecule has 52 valence electrons. The van der Waals surface area contributed by atoms with E-state index in [-0.39, 0.29) is 0 Å². The first kappa shape index (κ1) is 5.42. The Morgan fingerprint density at radius 1 is 0.900 bits per heavy atom. The second kappa shape index (κ2) is 1.50. The standard InChI is InChI=1S/C9H9Cl/c10-9-6-3-1-5-2-4-7(9)8(5)6/h1-9H. The molecule has 0 amide bonds. The lowest BCUT2D eigenvalue weighted by atomic mass is 9.66. The van der Waals surface area contributed by atoms with Crippen molar-refractivity contribution in [1.29, 1.82) is 0 Å². The van der Waals surface area contributed by atoms with E-state index in [4.69, 9.17) is 11.6 Å². The highest BCUT2D eigenvalue weighted by molar-refractivity contribution is 6.22. The normalized spacial score (nSPS) is 60.7. The van der Waals surface area contributed by atoms with Crippen molar-refractivity contribution in [2.24, 2.45) is 23.7 Å². The van der Waals surface area contributed by atoms with Gasteiger partial charge < -0.3 is 0 Å². The Morgan fingerprint density at radius 2 is 1.50 bits per heavy atom. The lowest BCUT2D eigenvalue weighted by molar-refractivity contribution is 0.168. The molecule has 3 aliphatic carbocycles. The SMILES string of the molecule is ClC1C2C=CC3C=CC1C32. The molecule has 1 fully saturated rings. The van der Waals surface area contributed by atoms with E-state index in [0.29, 0.717) is 17.2 Å². The lowest BCUT2D eigenvalue weighted by Crippen LogP contribution is -2.43. The molecule has 0 aromatic carbocycles. The van der Waals surface area contributed by atoms with Crippen molar-refractivity contribution in [2.75, 3.05) is 0 Å². The molecule has 0 saturated heterocycles. The van der Waals surface area contributed by atoms with Crippen molar-refractivity contribution >= 4 is 11.6 Å². The van der Waals surface area contributed by atoms with E-state index in [9.17, 15) is 0 Å². The minimum Gasteiger partial charge on any atom is -0.122 e. The number of alkyl halides is 1. The van der Waals surface area contributed by atoms with Gasteiger partial charge in [-0.3, -0.25) is 0 Å². The average Bonchev–Trinajstić information content (AvgIpc) is 2.37. The summed E-state index contributed by atoms with van der Waals surface area (Å²) >= 11 is 6.14. The fourth-order valence-electron chi connectivity index (χ4n) is 2.61. The molecule has 0 spiro atoms. The van der Waals surface area contributed by atoms with E-state index in [1.807, 2.05) is 0 Å². The van der Waals surface area contributed by atoms with Crippen LogP contribution >= 0.6 is 11.6 Å². The summed E-state index contributed by atoms with van der Waals surface area (Å²) in [6, 6.07) is 0. The Labute approximate surface area is 65.6 Å². The van der Waals surface area contributed by atoms with Gasteiger partial charge in [0.1, 0.15) is 0 Å². The maximum absolute atomic E-state index is 6.14. The smallest absolute Gasteiger partial charge is 0.0467 e. The summed E-state index contributed by atoms with van der Waals surface area (Å²) in [4.78, 5) is 0. The average molecular weight is 153 g/mol. The largest absolute Gasteiger partial charge is 0.122 e. The minimum atomic E-state index is 0.407.